The van der Waals surface area contributed by atoms with Crippen molar-refractivity contribution in [2.75, 3.05) is 12.4 Å². The lowest BCUT2D eigenvalue weighted by atomic mass is 10.1. The molecule has 2 N–H and O–H groups in total. The maximum atomic E-state index is 12.6. The number of hydrogen-bond acceptors (Lipinski definition) is 2. The van der Waals surface area contributed by atoms with E-state index in [2.05, 4.69) is 16.4 Å². The van der Waals surface area contributed by atoms with Gasteiger partial charge < -0.3 is 15.0 Å². The lowest BCUT2D eigenvalue weighted by Crippen LogP contribution is -2.14. The number of carbonyl (C=O) groups excluding carboxylic acids is 1. The Morgan fingerprint density at radius 2 is 1.87 bits per heavy atom. The van der Waals surface area contributed by atoms with Crippen LogP contribution in [0.5, 0.6) is 5.75 Å². The summed E-state index contributed by atoms with van der Waals surface area (Å²) < 4.78 is 5.26. The Morgan fingerprint density at radius 3 is 2.57 bits per heavy atom. The molecule has 1 amide bonds. The average Bonchev–Trinajstić information content (AvgIpc) is 2.86. The quantitative estimate of drug-likeness (QED) is 0.755. The Labute approximate surface area is 135 Å². The highest BCUT2D eigenvalue weighted by Gasteiger charge is 2.16. The number of hydrogen-bond donors (Lipinski definition) is 2. The van der Waals surface area contributed by atoms with Gasteiger partial charge in [-0.25, -0.2) is 0 Å². The van der Waals surface area contributed by atoms with Crippen molar-refractivity contribution in [1.82, 2.24) is 4.98 Å². The second-order valence-electron chi connectivity index (χ2n) is 5.81. The van der Waals surface area contributed by atoms with Crippen LogP contribution in [0.4, 0.5) is 5.69 Å². The first-order valence-electron chi connectivity index (χ1n) is 7.54. The predicted molar refractivity (Wildman–Crippen MR) is 93.5 cm³/mol. The van der Waals surface area contributed by atoms with Crippen LogP contribution in [0.2, 0.25) is 0 Å². The maximum absolute atomic E-state index is 12.6. The van der Waals surface area contributed by atoms with Crippen LogP contribution in [0.15, 0.2) is 36.4 Å². The third kappa shape index (κ3) is 2.80. The molecule has 0 fully saturated rings. The normalized spacial score (nSPS) is 10.8. The van der Waals surface area contributed by atoms with E-state index in [1.165, 1.54) is 5.56 Å². The lowest BCUT2D eigenvalue weighted by molar-refractivity contribution is 0.102. The number of fused-ring (bicyclic) bond motifs is 1. The van der Waals surface area contributed by atoms with Gasteiger partial charge in [0.15, 0.2) is 0 Å². The number of aromatic amines is 1. The monoisotopic (exact) mass is 308 g/mol. The van der Waals surface area contributed by atoms with Crippen molar-refractivity contribution >= 4 is 22.5 Å². The molecule has 0 aliphatic heterocycles. The third-order valence-electron chi connectivity index (χ3n) is 4.12. The van der Waals surface area contributed by atoms with E-state index in [4.69, 9.17) is 4.74 Å². The van der Waals surface area contributed by atoms with Gasteiger partial charge in [0.2, 0.25) is 0 Å². The SMILES string of the molecule is COc1ccc2[nH]c(C(=O)Nc3ccc(C)cc3C)c(C)c2c1. The number of methoxy groups -OCH3 is 1. The fraction of sp³-hybridized carbons (Fsp3) is 0.211. The van der Waals surface area contributed by atoms with Gasteiger partial charge >= 0.3 is 0 Å². The van der Waals surface area contributed by atoms with Gasteiger partial charge in [-0.15, -0.1) is 0 Å². The fourth-order valence-electron chi connectivity index (χ4n) is 2.80. The molecule has 3 aromatic rings. The van der Waals surface area contributed by atoms with Gasteiger partial charge in [-0.3, -0.25) is 4.79 Å². The molecule has 4 heteroatoms. The molecule has 1 heterocycles. The molecular weight excluding hydrogens is 288 g/mol. The van der Waals surface area contributed by atoms with Crippen LogP contribution < -0.4 is 10.1 Å². The predicted octanol–water partition coefficient (Wildman–Crippen LogP) is 4.35. The Bertz CT molecular complexity index is 894. The molecular formula is C19H20N2O2. The summed E-state index contributed by atoms with van der Waals surface area (Å²) in [4.78, 5) is 15.8. The summed E-state index contributed by atoms with van der Waals surface area (Å²) in [6, 6.07) is 11.7. The van der Waals surface area contributed by atoms with Gasteiger partial charge in [0.25, 0.3) is 5.91 Å². The number of ether oxygens (including phenoxy) is 1. The van der Waals surface area contributed by atoms with E-state index in [0.29, 0.717) is 5.69 Å². The zero-order valence-electron chi connectivity index (χ0n) is 13.8. The van der Waals surface area contributed by atoms with Crippen molar-refractivity contribution in [2.24, 2.45) is 0 Å². The summed E-state index contributed by atoms with van der Waals surface area (Å²) >= 11 is 0. The van der Waals surface area contributed by atoms with Gasteiger partial charge in [-0.1, -0.05) is 17.7 Å². The highest BCUT2D eigenvalue weighted by molar-refractivity contribution is 6.08. The van der Waals surface area contributed by atoms with Crippen LogP contribution in [-0.2, 0) is 0 Å². The van der Waals surface area contributed by atoms with Crippen molar-refractivity contribution in [1.29, 1.82) is 0 Å². The molecule has 0 saturated carbocycles. The molecule has 2 aromatic carbocycles. The highest BCUT2D eigenvalue weighted by Crippen LogP contribution is 2.27. The maximum Gasteiger partial charge on any atom is 0.272 e. The van der Waals surface area contributed by atoms with Crippen molar-refractivity contribution in [2.45, 2.75) is 20.8 Å². The van der Waals surface area contributed by atoms with Crippen LogP contribution in [0.1, 0.15) is 27.2 Å². The van der Waals surface area contributed by atoms with Gasteiger partial charge in [-0.2, -0.15) is 0 Å². The molecule has 0 bridgehead atoms. The summed E-state index contributed by atoms with van der Waals surface area (Å²) in [6.45, 7) is 5.97. The van der Waals surface area contributed by atoms with E-state index in [1.54, 1.807) is 7.11 Å². The minimum absolute atomic E-state index is 0.135. The number of H-pyrrole nitrogens is 1. The summed E-state index contributed by atoms with van der Waals surface area (Å²) in [5.41, 5.74) is 5.47. The number of amides is 1. The molecule has 1 aromatic heterocycles. The summed E-state index contributed by atoms with van der Waals surface area (Å²) in [5.74, 6) is 0.644. The van der Waals surface area contributed by atoms with Crippen LogP contribution in [0, 0.1) is 20.8 Å². The number of nitrogens with one attached hydrogen (secondary N) is 2. The molecule has 0 radical (unpaired) electrons. The largest absolute Gasteiger partial charge is 0.497 e. The van der Waals surface area contributed by atoms with E-state index in [9.17, 15) is 4.79 Å². The van der Waals surface area contributed by atoms with E-state index < -0.39 is 0 Å². The van der Waals surface area contributed by atoms with Crippen LogP contribution >= 0.6 is 0 Å². The van der Waals surface area contributed by atoms with Crippen molar-refractivity contribution in [3.05, 3.63) is 58.8 Å². The van der Waals surface area contributed by atoms with Crippen molar-refractivity contribution < 1.29 is 9.53 Å². The minimum Gasteiger partial charge on any atom is -0.497 e. The molecule has 0 spiro atoms. The van der Waals surface area contributed by atoms with E-state index in [0.717, 1.165) is 33.5 Å². The molecule has 3 rings (SSSR count). The summed E-state index contributed by atoms with van der Waals surface area (Å²) in [6.07, 6.45) is 0. The van der Waals surface area contributed by atoms with Crippen LogP contribution in [-0.4, -0.2) is 18.0 Å². The van der Waals surface area contributed by atoms with Crippen molar-refractivity contribution in [3.63, 3.8) is 0 Å². The molecule has 0 saturated heterocycles. The van der Waals surface area contributed by atoms with Gasteiger partial charge in [0.1, 0.15) is 11.4 Å². The van der Waals surface area contributed by atoms with Crippen molar-refractivity contribution in [3.8, 4) is 5.75 Å². The second kappa shape index (κ2) is 5.80. The molecule has 0 aliphatic carbocycles. The average molecular weight is 308 g/mol. The topological polar surface area (TPSA) is 54.1 Å². The zero-order chi connectivity index (χ0) is 16.6. The van der Waals surface area contributed by atoms with Gasteiger partial charge in [-0.05, 0) is 56.2 Å². The highest BCUT2D eigenvalue weighted by atomic mass is 16.5. The molecule has 0 aliphatic rings. The number of benzene rings is 2. The number of rotatable bonds is 3. The molecule has 0 atom stereocenters. The van der Waals surface area contributed by atoms with Gasteiger partial charge in [0, 0.05) is 16.6 Å². The lowest BCUT2D eigenvalue weighted by Gasteiger charge is -2.09. The number of anilines is 1. The Morgan fingerprint density at radius 1 is 1.09 bits per heavy atom. The standard InChI is InChI=1S/C19H20N2O2/c1-11-5-7-16(12(2)9-11)21-19(22)18-13(3)15-10-14(23-4)6-8-17(15)20-18/h5-10,20H,1-4H3,(H,21,22). The van der Waals surface area contributed by atoms with E-state index >= 15 is 0 Å². The third-order valence-corrected chi connectivity index (χ3v) is 4.12. The smallest absolute Gasteiger partial charge is 0.272 e. The molecule has 23 heavy (non-hydrogen) atoms. The molecule has 118 valence electrons. The van der Waals surface area contributed by atoms with E-state index in [-0.39, 0.29) is 5.91 Å². The molecule has 4 nitrogen and oxygen atoms in total. The Hall–Kier alpha value is -2.75. The first-order chi connectivity index (χ1) is 11.0. The Balaban J connectivity index is 1.96. The minimum atomic E-state index is -0.135. The zero-order valence-corrected chi connectivity index (χ0v) is 13.8. The first kappa shape index (κ1) is 15.2. The number of carbonyl (C=O) groups is 1. The fourth-order valence-corrected chi connectivity index (χ4v) is 2.80. The van der Waals surface area contributed by atoms with Crippen LogP contribution in [0.3, 0.4) is 0 Å². The summed E-state index contributed by atoms with van der Waals surface area (Å²) in [7, 11) is 1.64. The van der Waals surface area contributed by atoms with E-state index in [1.807, 2.05) is 51.1 Å². The number of aromatic nitrogens is 1. The first-order valence-corrected chi connectivity index (χ1v) is 7.54. The number of aryl methyl sites for hydroxylation is 3. The summed E-state index contributed by atoms with van der Waals surface area (Å²) in [5, 5.41) is 3.98. The van der Waals surface area contributed by atoms with Gasteiger partial charge in [0.05, 0.1) is 7.11 Å². The molecule has 0 unspecified atom stereocenters. The second-order valence-corrected chi connectivity index (χ2v) is 5.81. The Kier molecular flexibility index (Phi) is 3.82. The van der Waals surface area contributed by atoms with Crippen LogP contribution in [0.25, 0.3) is 10.9 Å².